The number of aryl methyl sites for hydroxylation is 4. The van der Waals surface area contributed by atoms with Gasteiger partial charge < -0.3 is 0 Å². The van der Waals surface area contributed by atoms with Crippen LogP contribution in [0.4, 0.5) is 0 Å². The van der Waals surface area contributed by atoms with Gasteiger partial charge in [-0.3, -0.25) is 14.2 Å². The van der Waals surface area contributed by atoms with Crippen molar-refractivity contribution in [1.82, 2.24) is 9.13 Å². The lowest BCUT2D eigenvalue weighted by Crippen LogP contribution is -2.40. The molecule has 0 fully saturated rings. The summed E-state index contributed by atoms with van der Waals surface area (Å²) in [4.78, 5) is 41.9. The molecule has 0 N–H and O–H groups in total. The van der Waals surface area contributed by atoms with E-state index in [1.807, 2.05) is 26.0 Å². The normalized spacial score (nSPS) is 13.0. The Kier molecular flexibility index (Phi) is 5.14. The number of hydrogen-bond acceptors (Lipinski definition) is 4. The van der Waals surface area contributed by atoms with Crippen molar-refractivity contribution in [3.05, 3.63) is 95.5 Å². The van der Waals surface area contributed by atoms with E-state index in [0.717, 1.165) is 40.8 Å². The Hall–Kier alpha value is -2.96. The summed E-state index contributed by atoms with van der Waals surface area (Å²) in [7, 11) is 0. The molecule has 0 spiro atoms. The number of thiophene rings is 1. The van der Waals surface area contributed by atoms with E-state index in [2.05, 4.69) is 0 Å². The maximum absolute atomic E-state index is 13.6. The van der Waals surface area contributed by atoms with Crippen molar-refractivity contribution in [3.63, 3.8) is 0 Å². The van der Waals surface area contributed by atoms with Crippen LogP contribution in [-0.2, 0) is 19.4 Å². The van der Waals surface area contributed by atoms with E-state index < -0.39 is 5.69 Å². The summed E-state index contributed by atoms with van der Waals surface area (Å²) in [5.74, 6) is -0.205. The smallest absolute Gasteiger partial charge is 0.292 e. The van der Waals surface area contributed by atoms with Gasteiger partial charge in [-0.05, 0) is 86.2 Å². The monoisotopic (exact) mass is 464 g/mol. The third-order valence-electron chi connectivity index (χ3n) is 6.20. The molecule has 0 radical (unpaired) electrons. The molecule has 5 rings (SSSR count). The number of aromatic nitrogens is 2. The van der Waals surface area contributed by atoms with Gasteiger partial charge in [-0.25, -0.2) is 9.36 Å². The van der Waals surface area contributed by atoms with Crippen LogP contribution in [0.25, 0.3) is 15.9 Å². The molecule has 0 saturated carbocycles. The summed E-state index contributed by atoms with van der Waals surface area (Å²) in [6.07, 6.45) is 2.72. The van der Waals surface area contributed by atoms with Gasteiger partial charge in [0.15, 0.2) is 5.78 Å². The van der Waals surface area contributed by atoms with Crippen molar-refractivity contribution < 1.29 is 4.79 Å². The summed E-state index contributed by atoms with van der Waals surface area (Å²) in [6, 6.07) is 12.2. The molecule has 1 aliphatic rings. The molecule has 0 bridgehead atoms. The Morgan fingerprint density at radius 2 is 1.78 bits per heavy atom. The van der Waals surface area contributed by atoms with Crippen LogP contribution in [0.2, 0.25) is 5.02 Å². The molecule has 7 heteroatoms. The van der Waals surface area contributed by atoms with E-state index in [1.165, 1.54) is 20.5 Å². The number of carbonyl (C=O) groups excluding carboxylic acids is 1. The summed E-state index contributed by atoms with van der Waals surface area (Å²) >= 11 is 7.42. The number of nitrogens with zero attached hydrogens (tertiary/aromatic N) is 2. The van der Waals surface area contributed by atoms with E-state index in [4.69, 9.17) is 11.6 Å². The largest absolute Gasteiger partial charge is 0.337 e. The second-order valence-electron chi connectivity index (χ2n) is 8.25. The number of carbonyl (C=O) groups is 1. The zero-order valence-corrected chi connectivity index (χ0v) is 19.3. The lowest BCUT2D eigenvalue weighted by Gasteiger charge is -2.13. The highest BCUT2D eigenvalue weighted by Crippen LogP contribution is 2.35. The van der Waals surface area contributed by atoms with Gasteiger partial charge in [-0.15, -0.1) is 11.3 Å². The second kappa shape index (κ2) is 7.87. The van der Waals surface area contributed by atoms with Crippen molar-refractivity contribution in [2.45, 2.75) is 39.7 Å². The van der Waals surface area contributed by atoms with Crippen LogP contribution in [0.1, 0.15) is 38.3 Å². The SMILES string of the molecule is Cc1ccc(-n2c(=O)c3c4c(sc3n(CC(=O)c3ccc(Cl)cc3)c2=O)CCC4)cc1C. The zero-order valence-electron chi connectivity index (χ0n) is 17.8. The molecule has 5 nitrogen and oxygen atoms in total. The first-order valence-electron chi connectivity index (χ1n) is 10.5. The van der Waals surface area contributed by atoms with Gasteiger partial charge in [0.1, 0.15) is 4.83 Å². The molecule has 4 aromatic rings. The third-order valence-corrected chi connectivity index (χ3v) is 7.77. The Labute approximate surface area is 193 Å². The number of fused-ring (bicyclic) bond motifs is 3. The third kappa shape index (κ3) is 3.34. The molecule has 2 heterocycles. The summed E-state index contributed by atoms with van der Waals surface area (Å²) in [6.45, 7) is 3.80. The predicted molar refractivity (Wildman–Crippen MR) is 129 cm³/mol. The van der Waals surface area contributed by atoms with Gasteiger partial charge >= 0.3 is 5.69 Å². The maximum atomic E-state index is 13.6. The lowest BCUT2D eigenvalue weighted by molar-refractivity contribution is 0.0972. The van der Waals surface area contributed by atoms with Crippen LogP contribution in [-0.4, -0.2) is 14.9 Å². The fourth-order valence-electron chi connectivity index (χ4n) is 4.31. The fourth-order valence-corrected chi connectivity index (χ4v) is 5.81. The molecule has 2 aromatic heterocycles. The quantitative estimate of drug-likeness (QED) is 0.405. The molecular formula is C25H21ClN2O3S. The molecule has 0 unspecified atom stereocenters. The average molecular weight is 465 g/mol. The van der Waals surface area contributed by atoms with Crippen LogP contribution in [0.15, 0.2) is 52.1 Å². The van der Waals surface area contributed by atoms with E-state index >= 15 is 0 Å². The van der Waals surface area contributed by atoms with Gasteiger partial charge in [-0.2, -0.15) is 0 Å². The average Bonchev–Trinajstić information content (AvgIpc) is 3.35. The fraction of sp³-hybridized carbons (Fsp3) is 0.240. The number of ketones is 1. The van der Waals surface area contributed by atoms with Gasteiger partial charge in [0.25, 0.3) is 5.56 Å². The number of Topliss-reactive ketones (excluding diaryl/α,β-unsaturated/α-hetero) is 1. The van der Waals surface area contributed by atoms with Gasteiger partial charge in [-0.1, -0.05) is 17.7 Å². The highest BCUT2D eigenvalue weighted by atomic mass is 35.5. The molecule has 0 saturated heterocycles. The first kappa shape index (κ1) is 20.9. The van der Waals surface area contributed by atoms with Crippen molar-refractivity contribution in [3.8, 4) is 5.69 Å². The number of rotatable bonds is 4. The molecule has 0 amide bonds. The Morgan fingerprint density at radius 1 is 1.03 bits per heavy atom. The molecule has 0 atom stereocenters. The molecule has 32 heavy (non-hydrogen) atoms. The van der Waals surface area contributed by atoms with Crippen LogP contribution in [0, 0.1) is 13.8 Å². The molecule has 0 aliphatic heterocycles. The minimum Gasteiger partial charge on any atom is -0.292 e. The number of halogens is 1. The van der Waals surface area contributed by atoms with Crippen LogP contribution < -0.4 is 11.2 Å². The van der Waals surface area contributed by atoms with Gasteiger partial charge in [0.2, 0.25) is 0 Å². The Morgan fingerprint density at radius 3 is 2.50 bits per heavy atom. The first-order chi connectivity index (χ1) is 15.3. The van der Waals surface area contributed by atoms with E-state index in [9.17, 15) is 14.4 Å². The highest BCUT2D eigenvalue weighted by molar-refractivity contribution is 7.19. The minimum atomic E-state index is -0.493. The molecule has 162 valence electrons. The van der Waals surface area contributed by atoms with Crippen molar-refractivity contribution in [2.24, 2.45) is 0 Å². The van der Waals surface area contributed by atoms with Crippen LogP contribution >= 0.6 is 22.9 Å². The van der Waals surface area contributed by atoms with Crippen LogP contribution in [0.5, 0.6) is 0 Å². The molecule has 1 aliphatic carbocycles. The van der Waals surface area contributed by atoms with Crippen LogP contribution in [0.3, 0.4) is 0 Å². The number of benzene rings is 2. The Bertz CT molecular complexity index is 1510. The summed E-state index contributed by atoms with van der Waals surface area (Å²) in [5, 5.41) is 1.11. The van der Waals surface area contributed by atoms with Crippen molar-refractivity contribution in [2.75, 3.05) is 0 Å². The second-order valence-corrected chi connectivity index (χ2v) is 9.77. The van der Waals surface area contributed by atoms with E-state index in [-0.39, 0.29) is 17.9 Å². The topological polar surface area (TPSA) is 61.1 Å². The standard InChI is InChI=1S/C25H21ClN2O3S/c1-14-6-11-18(12-15(14)2)28-23(30)22-19-4-3-5-21(19)32-24(22)27(25(28)31)13-20(29)16-7-9-17(26)10-8-16/h6-12H,3-5,13H2,1-2H3. The summed E-state index contributed by atoms with van der Waals surface area (Å²) < 4.78 is 2.68. The van der Waals surface area contributed by atoms with E-state index in [0.29, 0.717) is 26.5 Å². The number of hydrogen-bond donors (Lipinski definition) is 0. The Balaban J connectivity index is 1.75. The van der Waals surface area contributed by atoms with Crippen molar-refractivity contribution >= 4 is 38.9 Å². The first-order valence-corrected chi connectivity index (χ1v) is 11.7. The van der Waals surface area contributed by atoms with Crippen molar-refractivity contribution in [1.29, 1.82) is 0 Å². The van der Waals surface area contributed by atoms with E-state index in [1.54, 1.807) is 30.3 Å². The summed E-state index contributed by atoms with van der Waals surface area (Å²) in [5.41, 5.74) is 3.31. The lowest BCUT2D eigenvalue weighted by atomic mass is 10.1. The van der Waals surface area contributed by atoms with Gasteiger partial charge in [0, 0.05) is 15.5 Å². The molecular weight excluding hydrogens is 444 g/mol. The predicted octanol–water partition coefficient (Wildman–Crippen LogP) is 4.86. The van der Waals surface area contributed by atoms with Gasteiger partial charge in [0.05, 0.1) is 17.6 Å². The zero-order chi connectivity index (χ0) is 22.6. The molecule has 2 aromatic carbocycles. The maximum Gasteiger partial charge on any atom is 0.337 e. The minimum absolute atomic E-state index is 0.137. The highest BCUT2D eigenvalue weighted by Gasteiger charge is 2.26.